The first-order valence-electron chi connectivity index (χ1n) is 4.20. The van der Waals surface area contributed by atoms with Gasteiger partial charge in [0.1, 0.15) is 0 Å². The smallest absolute Gasteiger partial charge is 0.0768 e. The van der Waals surface area contributed by atoms with Crippen molar-refractivity contribution in [2.75, 3.05) is 13.2 Å². The van der Waals surface area contributed by atoms with E-state index in [2.05, 4.69) is 0 Å². The van der Waals surface area contributed by atoms with E-state index in [9.17, 15) is 0 Å². The normalized spacial score (nSPS) is 14.5. The second kappa shape index (κ2) is 10.8. The highest BCUT2D eigenvalue weighted by Gasteiger charge is 1.92. The summed E-state index contributed by atoms with van der Waals surface area (Å²) < 4.78 is 0. The number of hydrogen-bond donors (Lipinski definition) is 4. The van der Waals surface area contributed by atoms with E-state index in [1.807, 2.05) is 13.8 Å². The molecule has 0 heterocycles. The minimum Gasteiger partial charge on any atom is -0.394 e. The number of aliphatic hydroxyl groups is 4. The molecule has 0 aliphatic heterocycles. The average Bonchev–Trinajstić information content (AvgIpc) is 2.16. The van der Waals surface area contributed by atoms with Crippen molar-refractivity contribution in [2.24, 2.45) is 0 Å². The van der Waals surface area contributed by atoms with Crippen LogP contribution < -0.4 is 0 Å². The number of hydrogen-bond acceptors (Lipinski definition) is 4. The van der Waals surface area contributed by atoms with E-state index in [1.165, 1.54) is 0 Å². The maximum Gasteiger partial charge on any atom is 0.0768 e. The molecule has 12 heavy (non-hydrogen) atoms. The van der Waals surface area contributed by atoms with Gasteiger partial charge in [-0.05, 0) is 12.8 Å². The molecule has 0 saturated carbocycles. The lowest BCUT2D eigenvalue weighted by atomic mass is 10.3. The topological polar surface area (TPSA) is 80.9 Å². The summed E-state index contributed by atoms with van der Waals surface area (Å²) in [4.78, 5) is 0. The first kappa shape index (κ1) is 14.4. The van der Waals surface area contributed by atoms with Crippen LogP contribution in [0.3, 0.4) is 0 Å². The average molecular weight is 180 g/mol. The summed E-state index contributed by atoms with van der Waals surface area (Å²) in [6.45, 7) is 3.41. The Hall–Kier alpha value is -0.160. The molecule has 0 amide bonds. The standard InChI is InChI=1S/2C4H10O2/c2*1-2-4(6)3-5/h2*4-6H,2-3H2,1H3. The maximum atomic E-state index is 8.42. The second-order valence-corrected chi connectivity index (χ2v) is 2.49. The van der Waals surface area contributed by atoms with Crippen molar-refractivity contribution in [3.8, 4) is 0 Å². The molecule has 0 bridgehead atoms. The van der Waals surface area contributed by atoms with Crippen LogP contribution in [0.25, 0.3) is 0 Å². The molecule has 0 fully saturated rings. The monoisotopic (exact) mass is 180 g/mol. The van der Waals surface area contributed by atoms with E-state index in [1.54, 1.807) is 0 Å². The van der Waals surface area contributed by atoms with Gasteiger partial charge in [0.15, 0.2) is 0 Å². The van der Waals surface area contributed by atoms with Crippen molar-refractivity contribution >= 4 is 0 Å². The van der Waals surface area contributed by atoms with E-state index in [0.29, 0.717) is 12.8 Å². The molecule has 76 valence electrons. The van der Waals surface area contributed by atoms with E-state index in [-0.39, 0.29) is 13.2 Å². The molecule has 0 aromatic rings. The Morgan fingerprint density at radius 1 is 0.833 bits per heavy atom. The molecule has 2 atom stereocenters. The van der Waals surface area contributed by atoms with Crippen LogP contribution in [0.15, 0.2) is 0 Å². The van der Waals surface area contributed by atoms with Crippen LogP contribution >= 0.6 is 0 Å². The van der Waals surface area contributed by atoms with Crippen LogP contribution in [-0.4, -0.2) is 45.8 Å². The summed E-state index contributed by atoms with van der Waals surface area (Å²) in [5.74, 6) is 0. The van der Waals surface area contributed by atoms with Gasteiger partial charge >= 0.3 is 0 Å². The van der Waals surface area contributed by atoms with Crippen molar-refractivity contribution in [1.82, 2.24) is 0 Å². The van der Waals surface area contributed by atoms with Crippen LogP contribution in [0.2, 0.25) is 0 Å². The lowest BCUT2D eigenvalue weighted by Crippen LogP contribution is -2.08. The van der Waals surface area contributed by atoms with E-state index in [0.717, 1.165) is 0 Å². The van der Waals surface area contributed by atoms with Gasteiger partial charge in [-0.3, -0.25) is 0 Å². The van der Waals surface area contributed by atoms with E-state index in [4.69, 9.17) is 20.4 Å². The summed E-state index contributed by atoms with van der Waals surface area (Å²) in [6.07, 6.45) is 0.252. The van der Waals surface area contributed by atoms with Crippen LogP contribution in [0, 0.1) is 0 Å². The Kier molecular flexibility index (Phi) is 13.0. The molecular weight excluding hydrogens is 160 g/mol. The molecule has 0 spiro atoms. The largest absolute Gasteiger partial charge is 0.394 e. The molecule has 0 saturated heterocycles. The number of rotatable bonds is 4. The minimum absolute atomic E-state index is 0.115. The van der Waals surface area contributed by atoms with Gasteiger partial charge in [0.2, 0.25) is 0 Å². The highest BCUT2D eigenvalue weighted by Crippen LogP contribution is 1.83. The highest BCUT2D eigenvalue weighted by molar-refractivity contribution is 4.44. The Bertz CT molecular complexity index is 59.5. The van der Waals surface area contributed by atoms with Gasteiger partial charge in [-0.1, -0.05) is 13.8 Å². The zero-order chi connectivity index (χ0) is 9.98. The Morgan fingerprint density at radius 2 is 1.08 bits per heavy atom. The van der Waals surface area contributed by atoms with Gasteiger partial charge in [-0.25, -0.2) is 0 Å². The SMILES string of the molecule is CCC(O)CO.CCC(O)CO. The minimum atomic E-state index is -0.509. The summed E-state index contributed by atoms with van der Waals surface area (Å²) in [5, 5.41) is 33.0. The molecule has 0 rings (SSSR count). The fraction of sp³-hybridized carbons (Fsp3) is 1.00. The third kappa shape index (κ3) is 12.5. The van der Waals surface area contributed by atoms with Gasteiger partial charge in [0.25, 0.3) is 0 Å². The van der Waals surface area contributed by atoms with Gasteiger partial charge < -0.3 is 20.4 Å². The van der Waals surface area contributed by atoms with Gasteiger partial charge in [-0.2, -0.15) is 0 Å². The van der Waals surface area contributed by atoms with Crippen LogP contribution in [0.5, 0.6) is 0 Å². The summed E-state index contributed by atoms with van der Waals surface area (Å²) in [5.41, 5.74) is 0. The molecule has 4 nitrogen and oxygen atoms in total. The molecular formula is C8H20O4. The third-order valence-corrected chi connectivity index (χ3v) is 1.36. The molecule has 0 radical (unpaired) electrons. The van der Waals surface area contributed by atoms with Crippen LogP contribution in [0.4, 0.5) is 0 Å². The lowest BCUT2D eigenvalue weighted by molar-refractivity contribution is 0.0923. The predicted molar refractivity (Wildman–Crippen MR) is 46.8 cm³/mol. The van der Waals surface area contributed by atoms with E-state index < -0.39 is 12.2 Å². The molecule has 2 unspecified atom stereocenters. The van der Waals surface area contributed by atoms with Gasteiger partial charge in [0, 0.05) is 0 Å². The predicted octanol–water partition coefficient (Wildman–Crippen LogP) is -0.501. The summed E-state index contributed by atoms with van der Waals surface area (Å²) in [6, 6.07) is 0. The first-order valence-corrected chi connectivity index (χ1v) is 4.20. The van der Waals surface area contributed by atoms with Crippen molar-refractivity contribution in [1.29, 1.82) is 0 Å². The molecule has 0 aliphatic carbocycles. The number of aliphatic hydroxyl groups excluding tert-OH is 4. The molecule has 0 aromatic heterocycles. The molecule has 0 aliphatic rings. The Morgan fingerprint density at radius 3 is 1.08 bits per heavy atom. The summed E-state index contributed by atoms with van der Waals surface area (Å²) >= 11 is 0. The Labute approximate surface area is 73.5 Å². The first-order chi connectivity index (χ1) is 5.62. The van der Waals surface area contributed by atoms with Crippen LogP contribution in [0.1, 0.15) is 26.7 Å². The fourth-order valence-electron chi connectivity index (χ4n) is 0.258. The van der Waals surface area contributed by atoms with Crippen molar-refractivity contribution < 1.29 is 20.4 Å². The second-order valence-electron chi connectivity index (χ2n) is 2.49. The van der Waals surface area contributed by atoms with Gasteiger partial charge in [-0.15, -0.1) is 0 Å². The van der Waals surface area contributed by atoms with Gasteiger partial charge in [0.05, 0.1) is 25.4 Å². The van der Waals surface area contributed by atoms with Crippen LogP contribution in [-0.2, 0) is 0 Å². The Balaban J connectivity index is 0. The molecule has 4 N–H and O–H groups in total. The fourth-order valence-corrected chi connectivity index (χ4v) is 0.258. The highest BCUT2D eigenvalue weighted by atomic mass is 16.3. The van der Waals surface area contributed by atoms with Crippen molar-refractivity contribution in [3.63, 3.8) is 0 Å². The van der Waals surface area contributed by atoms with E-state index >= 15 is 0 Å². The molecule has 0 aromatic carbocycles. The quantitative estimate of drug-likeness (QED) is 0.470. The third-order valence-electron chi connectivity index (χ3n) is 1.36. The summed E-state index contributed by atoms with van der Waals surface area (Å²) in [7, 11) is 0. The molecule has 4 heteroatoms. The maximum absolute atomic E-state index is 8.42. The lowest BCUT2D eigenvalue weighted by Gasteiger charge is -1.97. The zero-order valence-electron chi connectivity index (χ0n) is 7.77. The zero-order valence-corrected chi connectivity index (χ0v) is 7.77. The van der Waals surface area contributed by atoms with Crippen molar-refractivity contribution in [3.05, 3.63) is 0 Å². The van der Waals surface area contributed by atoms with Crippen molar-refractivity contribution in [2.45, 2.75) is 38.9 Å².